The van der Waals surface area contributed by atoms with Gasteiger partial charge in [0, 0.05) is 6.61 Å². The fraction of sp³-hybridized carbons (Fsp3) is 0.259. The van der Waals surface area contributed by atoms with E-state index in [-0.39, 0.29) is 19.4 Å². The molecule has 6 nitrogen and oxygen atoms in total. The maximum Gasteiger partial charge on any atom is 0.320 e. The monoisotopic (exact) mass is 447 g/mol. The molecule has 2 atom stereocenters. The average Bonchev–Trinajstić information content (AvgIpc) is 2.85. The van der Waals surface area contributed by atoms with Gasteiger partial charge < -0.3 is 15.3 Å². The van der Waals surface area contributed by atoms with Crippen LogP contribution in [-0.2, 0) is 15.1 Å². The van der Waals surface area contributed by atoms with Gasteiger partial charge in [-0.2, -0.15) is 0 Å². The highest BCUT2D eigenvalue weighted by Crippen LogP contribution is 2.37. The van der Waals surface area contributed by atoms with Crippen molar-refractivity contribution >= 4 is 11.9 Å². The van der Waals surface area contributed by atoms with Crippen molar-refractivity contribution in [2.75, 3.05) is 6.61 Å². The first-order chi connectivity index (χ1) is 16.0. The van der Waals surface area contributed by atoms with Gasteiger partial charge in [-0.15, -0.1) is 0 Å². The second kappa shape index (κ2) is 11.4. The summed E-state index contributed by atoms with van der Waals surface area (Å²) in [6.07, 6.45) is 0.385. The summed E-state index contributed by atoms with van der Waals surface area (Å²) in [5.41, 5.74) is 1.51. The first-order valence-electron chi connectivity index (χ1n) is 11.0. The fourth-order valence-corrected chi connectivity index (χ4v) is 4.26. The zero-order valence-electron chi connectivity index (χ0n) is 18.3. The number of carboxylic acid groups (broad SMARTS) is 2. The lowest BCUT2D eigenvalue weighted by Gasteiger charge is -2.39. The summed E-state index contributed by atoms with van der Waals surface area (Å²) in [5, 5.41) is 32.3. The van der Waals surface area contributed by atoms with Crippen molar-refractivity contribution in [3.63, 3.8) is 0 Å². The van der Waals surface area contributed by atoms with Gasteiger partial charge >= 0.3 is 11.9 Å². The minimum absolute atomic E-state index is 0.112. The first-order valence-corrected chi connectivity index (χ1v) is 11.0. The minimum atomic E-state index is -1.15. The molecular weight excluding hydrogens is 418 g/mol. The Morgan fingerprint density at radius 2 is 1.15 bits per heavy atom. The molecule has 0 unspecified atom stereocenters. The zero-order chi connectivity index (χ0) is 23.7. The molecule has 4 N–H and O–H groups in total. The number of hydrogen-bond acceptors (Lipinski definition) is 4. The normalized spacial score (nSPS) is 13.2. The molecule has 3 aromatic carbocycles. The molecule has 0 amide bonds. The van der Waals surface area contributed by atoms with Crippen LogP contribution in [-0.4, -0.2) is 39.9 Å². The van der Waals surface area contributed by atoms with Gasteiger partial charge in [0.15, 0.2) is 0 Å². The number of aliphatic hydroxyl groups is 1. The molecule has 33 heavy (non-hydrogen) atoms. The van der Waals surface area contributed by atoms with Gasteiger partial charge in [0.1, 0.15) is 6.04 Å². The van der Waals surface area contributed by atoms with E-state index >= 15 is 0 Å². The van der Waals surface area contributed by atoms with E-state index < -0.39 is 29.4 Å². The van der Waals surface area contributed by atoms with Crippen molar-refractivity contribution in [1.82, 2.24) is 5.32 Å². The van der Waals surface area contributed by atoms with Gasteiger partial charge in [0.05, 0.1) is 11.5 Å². The van der Waals surface area contributed by atoms with Crippen LogP contribution in [0.1, 0.15) is 36.0 Å². The SMILES string of the molecule is O=C(O)[C@@H](CCCO)C[C@H](NC(c1ccccc1)(c1ccccc1)c1ccccc1)C(=O)O. The number of benzene rings is 3. The molecule has 0 aliphatic carbocycles. The van der Waals surface area contributed by atoms with E-state index in [1.165, 1.54) is 0 Å². The molecule has 0 aliphatic rings. The second-order valence-electron chi connectivity index (χ2n) is 8.02. The van der Waals surface area contributed by atoms with Crippen LogP contribution >= 0.6 is 0 Å². The molecule has 0 saturated carbocycles. The van der Waals surface area contributed by atoms with Crippen molar-refractivity contribution < 1.29 is 24.9 Å². The largest absolute Gasteiger partial charge is 0.481 e. The Morgan fingerprint density at radius 1 is 0.727 bits per heavy atom. The van der Waals surface area contributed by atoms with Crippen LogP contribution in [0.4, 0.5) is 0 Å². The van der Waals surface area contributed by atoms with E-state index in [4.69, 9.17) is 5.11 Å². The van der Waals surface area contributed by atoms with Gasteiger partial charge in [0.25, 0.3) is 0 Å². The molecule has 3 rings (SSSR count). The molecule has 0 fully saturated rings. The van der Waals surface area contributed by atoms with Crippen LogP contribution in [0.2, 0.25) is 0 Å². The van der Waals surface area contributed by atoms with Gasteiger partial charge in [-0.25, -0.2) is 0 Å². The maximum atomic E-state index is 12.4. The van der Waals surface area contributed by atoms with Crippen LogP contribution < -0.4 is 5.32 Å². The Labute approximate surface area is 193 Å². The summed E-state index contributed by atoms with van der Waals surface area (Å²) in [6.45, 7) is -0.142. The molecule has 0 saturated heterocycles. The lowest BCUT2D eigenvalue weighted by Crippen LogP contribution is -2.53. The molecular formula is C27H29NO5. The molecule has 0 radical (unpaired) electrons. The van der Waals surface area contributed by atoms with Gasteiger partial charge in [0.2, 0.25) is 0 Å². The standard InChI is InChI=1S/C27H29NO5/c29-18-10-11-20(25(30)31)19-24(26(32)33)28-27(21-12-4-1-5-13-21,22-14-6-2-7-15-22)23-16-8-3-9-17-23/h1-9,12-17,20,24,28-29H,10-11,18-19H2,(H,30,31)(H,32,33)/t20-,24-/m0/s1. The highest BCUT2D eigenvalue weighted by atomic mass is 16.4. The number of nitrogens with one attached hydrogen (secondary N) is 1. The van der Waals surface area contributed by atoms with Crippen molar-refractivity contribution in [3.8, 4) is 0 Å². The van der Waals surface area contributed by atoms with Crippen molar-refractivity contribution in [2.24, 2.45) is 5.92 Å². The Hall–Kier alpha value is -3.48. The van der Waals surface area contributed by atoms with E-state index in [0.29, 0.717) is 6.42 Å². The average molecular weight is 448 g/mol. The maximum absolute atomic E-state index is 12.4. The van der Waals surface area contributed by atoms with Gasteiger partial charge in [-0.1, -0.05) is 91.0 Å². The van der Waals surface area contributed by atoms with Crippen molar-refractivity contribution in [2.45, 2.75) is 30.8 Å². The minimum Gasteiger partial charge on any atom is -0.481 e. The zero-order valence-corrected chi connectivity index (χ0v) is 18.3. The third kappa shape index (κ3) is 5.66. The summed E-state index contributed by atoms with van der Waals surface area (Å²) < 4.78 is 0. The lowest BCUT2D eigenvalue weighted by molar-refractivity contribution is -0.144. The number of aliphatic carboxylic acids is 2. The number of rotatable bonds is 12. The van der Waals surface area contributed by atoms with Crippen molar-refractivity contribution in [1.29, 1.82) is 0 Å². The molecule has 3 aromatic rings. The highest BCUT2D eigenvalue weighted by Gasteiger charge is 2.40. The predicted molar refractivity (Wildman–Crippen MR) is 126 cm³/mol. The van der Waals surface area contributed by atoms with Crippen LogP contribution in [0.25, 0.3) is 0 Å². The van der Waals surface area contributed by atoms with E-state index in [1.54, 1.807) is 0 Å². The molecule has 172 valence electrons. The lowest BCUT2D eigenvalue weighted by atomic mass is 9.76. The summed E-state index contributed by atoms with van der Waals surface area (Å²) in [5.74, 6) is -3.09. The third-order valence-corrected chi connectivity index (χ3v) is 5.89. The molecule has 0 bridgehead atoms. The summed E-state index contributed by atoms with van der Waals surface area (Å²) in [4.78, 5) is 24.2. The number of carbonyl (C=O) groups is 2. The summed E-state index contributed by atoms with van der Waals surface area (Å²) in [7, 11) is 0. The van der Waals surface area contributed by atoms with Crippen LogP contribution in [0, 0.1) is 5.92 Å². The second-order valence-corrected chi connectivity index (χ2v) is 8.02. The van der Waals surface area contributed by atoms with Crippen LogP contribution in [0.3, 0.4) is 0 Å². The van der Waals surface area contributed by atoms with E-state index in [9.17, 15) is 19.8 Å². The molecule has 0 heterocycles. The molecule has 0 aromatic heterocycles. The van der Waals surface area contributed by atoms with Gasteiger partial charge in [-0.3, -0.25) is 14.9 Å². The van der Waals surface area contributed by atoms with E-state index in [2.05, 4.69) is 5.32 Å². The Bertz CT molecular complexity index is 927. The van der Waals surface area contributed by atoms with E-state index in [0.717, 1.165) is 16.7 Å². The number of hydrogen-bond donors (Lipinski definition) is 4. The van der Waals surface area contributed by atoms with Crippen molar-refractivity contribution in [3.05, 3.63) is 108 Å². The number of carboxylic acids is 2. The molecule has 6 heteroatoms. The predicted octanol–water partition coefficient (Wildman–Crippen LogP) is 3.88. The molecule has 0 spiro atoms. The Balaban J connectivity index is 2.16. The van der Waals surface area contributed by atoms with Gasteiger partial charge in [-0.05, 0) is 36.0 Å². The molecule has 0 aliphatic heterocycles. The van der Waals surface area contributed by atoms with E-state index in [1.807, 2.05) is 91.0 Å². The highest BCUT2D eigenvalue weighted by molar-refractivity contribution is 5.76. The summed E-state index contributed by atoms with van der Waals surface area (Å²) in [6, 6.07) is 27.5. The topological polar surface area (TPSA) is 107 Å². The third-order valence-electron chi connectivity index (χ3n) is 5.89. The fourth-order valence-electron chi connectivity index (χ4n) is 4.26. The number of aliphatic hydroxyl groups excluding tert-OH is 1. The van der Waals surface area contributed by atoms with Crippen LogP contribution in [0.15, 0.2) is 91.0 Å². The Morgan fingerprint density at radius 3 is 1.48 bits per heavy atom. The Kier molecular flexibility index (Phi) is 8.35. The van der Waals surface area contributed by atoms with Crippen LogP contribution in [0.5, 0.6) is 0 Å². The summed E-state index contributed by atoms with van der Waals surface area (Å²) >= 11 is 0. The first kappa shape index (κ1) is 24.2. The smallest absolute Gasteiger partial charge is 0.320 e. The quantitative estimate of drug-likeness (QED) is 0.314.